The van der Waals surface area contributed by atoms with E-state index in [1.54, 1.807) is 24.3 Å². The lowest BCUT2D eigenvalue weighted by molar-refractivity contribution is -0.125. The zero-order chi connectivity index (χ0) is 13.7. The molecule has 1 saturated carbocycles. The summed E-state index contributed by atoms with van der Waals surface area (Å²) in [6.07, 6.45) is 3.21. The molecular formula is C14H18ClNO3. The summed E-state index contributed by atoms with van der Waals surface area (Å²) in [4.78, 5) is 11.7. The van der Waals surface area contributed by atoms with Crippen LogP contribution in [0.3, 0.4) is 0 Å². The fourth-order valence-electron chi connectivity index (χ4n) is 2.21. The highest BCUT2D eigenvalue weighted by atomic mass is 35.5. The van der Waals surface area contributed by atoms with E-state index >= 15 is 0 Å². The number of aliphatic hydroxyl groups is 1. The summed E-state index contributed by atoms with van der Waals surface area (Å²) in [7, 11) is 0. The van der Waals surface area contributed by atoms with Crippen LogP contribution in [0, 0.1) is 0 Å². The molecule has 1 fully saturated rings. The van der Waals surface area contributed by atoms with Crippen LogP contribution in [0.25, 0.3) is 0 Å². The largest absolute Gasteiger partial charge is 0.484 e. The smallest absolute Gasteiger partial charge is 0.258 e. The first-order chi connectivity index (χ1) is 9.15. The number of carbonyl (C=O) groups is 1. The molecule has 0 spiro atoms. The van der Waals surface area contributed by atoms with E-state index in [0.717, 1.165) is 25.7 Å². The van der Waals surface area contributed by atoms with E-state index in [1.807, 2.05) is 0 Å². The van der Waals surface area contributed by atoms with Gasteiger partial charge in [0, 0.05) is 5.02 Å². The molecule has 0 saturated heterocycles. The maximum atomic E-state index is 11.7. The topological polar surface area (TPSA) is 58.6 Å². The number of benzene rings is 1. The normalized spacial score (nSPS) is 22.8. The summed E-state index contributed by atoms with van der Waals surface area (Å²) >= 11 is 5.76. The van der Waals surface area contributed by atoms with Crippen LogP contribution in [-0.2, 0) is 4.79 Å². The Morgan fingerprint density at radius 1 is 1.32 bits per heavy atom. The minimum absolute atomic E-state index is 0.0507. The number of amides is 1. The molecule has 19 heavy (non-hydrogen) atoms. The van der Waals surface area contributed by atoms with Gasteiger partial charge in [-0.15, -0.1) is 0 Å². The average molecular weight is 284 g/mol. The van der Waals surface area contributed by atoms with Crippen molar-refractivity contribution in [2.24, 2.45) is 0 Å². The fourth-order valence-corrected chi connectivity index (χ4v) is 2.33. The van der Waals surface area contributed by atoms with E-state index in [9.17, 15) is 9.90 Å². The van der Waals surface area contributed by atoms with Gasteiger partial charge in [0.15, 0.2) is 6.61 Å². The van der Waals surface area contributed by atoms with Gasteiger partial charge in [-0.25, -0.2) is 0 Å². The third kappa shape index (κ3) is 4.40. The molecule has 2 atom stereocenters. The van der Waals surface area contributed by atoms with E-state index in [-0.39, 0.29) is 18.6 Å². The summed E-state index contributed by atoms with van der Waals surface area (Å²) in [5.74, 6) is 0.393. The van der Waals surface area contributed by atoms with Gasteiger partial charge in [-0.3, -0.25) is 4.79 Å². The van der Waals surface area contributed by atoms with E-state index in [2.05, 4.69) is 5.32 Å². The lowest BCUT2D eigenvalue weighted by Gasteiger charge is -2.28. The standard InChI is InChI=1S/C14H18ClNO3/c15-10-5-7-11(8-6-10)19-9-14(18)16-12-3-1-2-4-13(12)17/h5-8,12-13,17H,1-4,9H2,(H,16,18)/t12-,13-/m1/s1. The van der Waals surface area contributed by atoms with Gasteiger partial charge in [0.25, 0.3) is 5.91 Å². The summed E-state index contributed by atoms with van der Waals surface area (Å²) in [5.41, 5.74) is 0. The van der Waals surface area contributed by atoms with Crippen LogP contribution in [0.4, 0.5) is 0 Å². The van der Waals surface area contributed by atoms with Gasteiger partial charge in [0.05, 0.1) is 12.1 Å². The quantitative estimate of drug-likeness (QED) is 0.890. The Morgan fingerprint density at radius 3 is 2.68 bits per heavy atom. The Bertz CT molecular complexity index is 421. The van der Waals surface area contributed by atoms with E-state index in [1.165, 1.54) is 0 Å². The third-order valence-electron chi connectivity index (χ3n) is 3.26. The number of ether oxygens (including phenoxy) is 1. The summed E-state index contributed by atoms with van der Waals surface area (Å²) < 4.78 is 5.35. The number of aliphatic hydroxyl groups excluding tert-OH is 1. The molecule has 2 rings (SSSR count). The van der Waals surface area contributed by atoms with Crippen LogP contribution < -0.4 is 10.1 Å². The maximum absolute atomic E-state index is 11.7. The van der Waals surface area contributed by atoms with Gasteiger partial charge in [0.2, 0.25) is 0 Å². The summed E-state index contributed by atoms with van der Waals surface area (Å²) in [6.45, 7) is -0.0507. The lowest BCUT2D eigenvalue weighted by atomic mass is 9.92. The molecule has 0 unspecified atom stereocenters. The Kier molecular flexibility index (Phi) is 5.05. The molecule has 0 radical (unpaired) electrons. The molecule has 104 valence electrons. The molecule has 1 aromatic rings. The first-order valence-electron chi connectivity index (χ1n) is 6.51. The van der Waals surface area contributed by atoms with Crippen LogP contribution in [0.15, 0.2) is 24.3 Å². The number of hydrogen-bond acceptors (Lipinski definition) is 3. The lowest BCUT2D eigenvalue weighted by Crippen LogP contribution is -2.46. The molecule has 5 heteroatoms. The summed E-state index contributed by atoms with van der Waals surface area (Å²) in [6, 6.07) is 6.70. The van der Waals surface area contributed by atoms with Gasteiger partial charge >= 0.3 is 0 Å². The monoisotopic (exact) mass is 283 g/mol. The Morgan fingerprint density at radius 2 is 2.00 bits per heavy atom. The Hall–Kier alpha value is -1.26. The molecule has 1 aliphatic carbocycles. The number of carbonyl (C=O) groups excluding carboxylic acids is 1. The number of halogens is 1. The predicted octanol–water partition coefficient (Wildman–Crippen LogP) is 2.14. The van der Waals surface area contributed by atoms with Crippen LogP contribution in [-0.4, -0.2) is 29.8 Å². The van der Waals surface area contributed by atoms with Gasteiger partial charge in [-0.1, -0.05) is 24.4 Å². The van der Waals surface area contributed by atoms with E-state index in [0.29, 0.717) is 10.8 Å². The van der Waals surface area contributed by atoms with Crippen molar-refractivity contribution in [2.75, 3.05) is 6.61 Å². The van der Waals surface area contributed by atoms with Crippen molar-refractivity contribution >= 4 is 17.5 Å². The molecule has 0 aliphatic heterocycles. The molecule has 0 aromatic heterocycles. The molecule has 2 N–H and O–H groups in total. The SMILES string of the molecule is O=C(COc1ccc(Cl)cc1)N[C@@H]1CCCC[C@H]1O. The van der Waals surface area contributed by atoms with Crippen molar-refractivity contribution in [1.82, 2.24) is 5.32 Å². The number of rotatable bonds is 4. The highest BCUT2D eigenvalue weighted by Crippen LogP contribution is 2.18. The Labute approximate surface area is 117 Å². The van der Waals surface area contributed by atoms with Gasteiger partial charge in [0.1, 0.15) is 5.75 Å². The molecule has 1 amide bonds. The minimum Gasteiger partial charge on any atom is -0.484 e. The van der Waals surface area contributed by atoms with Crippen LogP contribution in [0.2, 0.25) is 5.02 Å². The van der Waals surface area contributed by atoms with Crippen molar-refractivity contribution in [2.45, 2.75) is 37.8 Å². The molecule has 1 aromatic carbocycles. The van der Waals surface area contributed by atoms with Crippen molar-refractivity contribution in [3.05, 3.63) is 29.3 Å². The van der Waals surface area contributed by atoms with Gasteiger partial charge < -0.3 is 15.2 Å². The first-order valence-corrected chi connectivity index (χ1v) is 6.89. The average Bonchev–Trinajstić information content (AvgIpc) is 2.41. The number of nitrogens with one attached hydrogen (secondary N) is 1. The predicted molar refractivity (Wildman–Crippen MR) is 73.4 cm³/mol. The van der Waals surface area contributed by atoms with E-state index < -0.39 is 6.10 Å². The van der Waals surface area contributed by atoms with Crippen molar-refractivity contribution < 1.29 is 14.6 Å². The van der Waals surface area contributed by atoms with E-state index in [4.69, 9.17) is 16.3 Å². The highest BCUT2D eigenvalue weighted by molar-refractivity contribution is 6.30. The van der Waals surface area contributed by atoms with Crippen molar-refractivity contribution in [3.63, 3.8) is 0 Å². The fraction of sp³-hybridized carbons (Fsp3) is 0.500. The molecule has 0 bridgehead atoms. The van der Waals surface area contributed by atoms with Crippen LogP contribution in [0.5, 0.6) is 5.75 Å². The zero-order valence-electron chi connectivity index (χ0n) is 10.6. The van der Waals surface area contributed by atoms with Crippen LogP contribution in [0.1, 0.15) is 25.7 Å². The molecule has 1 aliphatic rings. The molecular weight excluding hydrogens is 266 g/mol. The van der Waals surface area contributed by atoms with Crippen LogP contribution >= 0.6 is 11.6 Å². The second-order valence-corrected chi connectivity index (χ2v) is 5.20. The Balaban J connectivity index is 1.76. The maximum Gasteiger partial charge on any atom is 0.258 e. The highest BCUT2D eigenvalue weighted by Gasteiger charge is 2.24. The second-order valence-electron chi connectivity index (χ2n) is 4.77. The summed E-state index contributed by atoms with van der Waals surface area (Å²) in [5, 5.41) is 13.2. The molecule has 0 heterocycles. The zero-order valence-corrected chi connectivity index (χ0v) is 11.4. The van der Waals surface area contributed by atoms with Gasteiger partial charge in [-0.05, 0) is 37.1 Å². The molecule has 4 nitrogen and oxygen atoms in total. The number of hydrogen-bond donors (Lipinski definition) is 2. The first kappa shape index (κ1) is 14.2. The minimum atomic E-state index is -0.437. The van der Waals surface area contributed by atoms with Crippen molar-refractivity contribution in [3.8, 4) is 5.75 Å². The van der Waals surface area contributed by atoms with Gasteiger partial charge in [-0.2, -0.15) is 0 Å². The third-order valence-corrected chi connectivity index (χ3v) is 3.51. The van der Waals surface area contributed by atoms with Crippen molar-refractivity contribution in [1.29, 1.82) is 0 Å². The second kappa shape index (κ2) is 6.78.